The highest BCUT2D eigenvalue weighted by molar-refractivity contribution is 7.09. The van der Waals surface area contributed by atoms with E-state index in [2.05, 4.69) is 59.0 Å². The highest BCUT2D eigenvalue weighted by Crippen LogP contribution is 2.15. The van der Waals surface area contributed by atoms with Gasteiger partial charge in [-0.15, -0.1) is 11.3 Å². The summed E-state index contributed by atoms with van der Waals surface area (Å²) >= 11 is 1.82. The van der Waals surface area contributed by atoms with E-state index in [1.54, 1.807) is 0 Å². The van der Waals surface area contributed by atoms with Crippen LogP contribution in [-0.2, 0) is 13.2 Å². The number of hydrogen-bond acceptors (Lipinski definition) is 3. The Labute approximate surface area is 113 Å². The molecule has 0 saturated heterocycles. The maximum absolute atomic E-state index is 4.54. The molecule has 0 fully saturated rings. The van der Waals surface area contributed by atoms with Gasteiger partial charge in [0.1, 0.15) is 0 Å². The van der Waals surface area contributed by atoms with Gasteiger partial charge in [-0.25, -0.2) is 0 Å². The van der Waals surface area contributed by atoms with Crippen molar-refractivity contribution in [2.75, 3.05) is 0 Å². The summed E-state index contributed by atoms with van der Waals surface area (Å²) in [5.41, 5.74) is 2.32. The molecule has 2 heterocycles. The van der Waals surface area contributed by atoms with Crippen LogP contribution in [0.5, 0.6) is 0 Å². The van der Waals surface area contributed by atoms with E-state index in [9.17, 15) is 0 Å². The van der Waals surface area contributed by atoms with Gasteiger partial charge < -0.3 is 0 Å². The summed E-state index contributed by atoms with van der Waals surface area (Å²) in [6.07, 6.45) is 0. The van der Waals surface area contributed by atoms with E-state index >= 15 is 0 Å². The van der Waals surface area contributed by atoms with Crippen LogP contribution in [0.1, 0.15) is 30.1 Å². The van der Waals surface area contributed by atoms with E-state index in [4.69, 9.17) is 0 Å². The van der Waals surface area contributed by atoms with Crippen molar-refractivity contribution in [3.8, 4) is 0 Å². The Kier molecular flexibility index (Phi) is 4.19. The molecule has 98 valence electrons. The summed E-state index contributed by atoms with van der Waals surface area (Å²) in [7, 11) is 0. The molecule has 0 aliphatic rings. The lowest BCUT2D eigenvalue weighted by Gasteiger charge is -2.26. The first-order chi connectivity index (χ1) is 8.56. The van der Waals surface area contributed by atoms with Gasteiger partial charge in [0.25, 0.3) is 0 Å². The molecule has 0 bridgehead atoms. The molecular weight excluding hydrogens is 242 g/mol. The zero-order valence-electron chi connectivity index (χ0n) is 11.6. The van der Waals surface area contributed by atoms with Gasteiger partial charge in [-0.05, 0) is 45.2 Å². The molecule has 2 aromatic rings. The van der Waals surface area contributed by atoms with Gasteiger partial charge in [0.15, 0.2) is 0 Å². The highest BCUT2D eigenvalue weighted by atomic mass is 32.1. The van der Waals surface area contributed by atoms with Crippen molar-refractivity contribution < 1.29 is 0 Å². The standard InChI is InChI=1S/C14H21N3S/c1-11(2)16(9-14-6-5-7-18-14)10-17-13(4)8-12(3)15-17/h5-8,11H,9-10H2,1-4H3. The fourth-order valence-corrected chi connectivity index (χ4v) is 2.72. The van der Waals surface area contributed by atoms with Crippen LogP contribution in [0.3, 0.4) is 0 Å². The minimum atomic E-state index is 0.510. The van der Waals surface area contributed by atoms with Crippen molar-refractivity contribution in [3.63, 3.8) is 0 Å². The molecule has 0 radical (unpaired) electrons. The maximum atomic E-state index is 4.54. The van der Waals surface area contributed by atoms with Crippen LogP contribution in [0, 0.1) is 13.8 Å². The molecule has 0 unspecified atom stereocenters. The Morgan fingerprint density at radius 3 is 2.67 bits per heavy atom. The highest BCUT2D eigenvalue weighted by Gasteiger charge is 2.13. The van der Waals surface area contributed by atoms with Crippen molar-refractivity contribution in [1.82, 2.24) is 14.7 Å². The van der Waals surface area contributed by atoms with Gasteiger partial charge in [0.2, 0.25) is 0 Å². The minimum Gasteiger partial charge on any atom is -0.277 e. The van der Waals surface area contributed by atoms with Gasteiger partial charge in [-0.2, -0.15) is 5.10 Å². The molecule has 0 aliphatic heterocycles. The van der Waals surface area contributed by atoms with Crippen molar-refractivity contribution in [2.45, 2.75) is 47.0 Å². The fraction of sp³-hybridized carbons (Fsp3) is 0.500. The average molecular weight is 263 g/mol. The normalized spacial score (nSPS) is 11.7. The lowest BCUT2D eigenvalue weighted by Crippen LogP contribution is -2.32. The summed E-state index contributed by atoms with van der Waals surface area (Å²) < 4.78 is 2.09. The van der Waals surface area contributed by atoms with Crippen LogP contribution in [0.25, 0.3) is 0 Å². The third kappa shape index (κ3) is 3.21. The number of hydrogen-bond donors (Lipinski definition) is 0. The van der Waals surface area contributed by atoms with Crippen molar-refractivity contribution in [1.29, 1.82) is 0 Å². The second-order valence-electron chi connectivity index (χ2n) is 4.99. The van der Waals surface area contributed by atoms with Crippen molar-refractivity contribution in [3.05, 3.63) is 39.8 Å². The molecule has 0 aromatic carbocycles. The first kappa shape index (κ1) is 13.3. The van der Waals surface area contributed by atoms with Gasteiger partial charge in [0, 0.05) is 23.2 Å². The summed E-state index contributed by atoms with van der Waals surface area (Å²) in [6.45, 7) is 10.5. The Morgan fingerprint density at radius 1 is 1.39 bits per heavy atom. The van der Waals surface area contributed by atoms with Gasteiger partial charge in [-0.3, -0.25) is 9.58 Å². The van der Waals surface area contributed by atoms with E-state index in [1.807, 2.05) is 18.3 Å². The summed E-state index contributed by atoms with van der Waals surface area (Å²) in [6, 6.07) is 6.95. The number of aryl methyl sites for hydroxylation is 2. The molecule has 2 rings (SSSR count). The minimum absolute atomic E-state index is 0.510. The summed E-state index contributed by atoms with van der Waals surface area (Å²) in [5, 5.41) is 6.68. The zero-order chi connectivity index (χ0) is 13.1. The Hall–Kier alpha value is -1.13. The topological polar surface area (TPSA) is 21.1 Å². The van der Waals surface area contributed by atoms with Crippen LogP contribution in [0.2, 0.25) is 0 Å². The molecule has 0 N–H and O–H groups in total. The third-order valence-electron chi connectivity index (χ3n) is 3.09. The number of nitrogens with zero attached hydrogens (tertiary/aromatic N) is 3. The number of thiophene rings is 1. The monoisotopic (exact) mass is 263 g/mol. The van der Waals surface area contributed by atoms with Crippen LogP contribution in [-0.4, -0.2) is 20.7 Å². The molecule has 0 saturated carbocycles. The average Bonchev–Trinajstić information content (AvgIpc) is 2.88. The van der Waals surface area contributed by atoms with Crippen LogP contribution < -0.4 is 0 Å². The molecule has 0 amide bonds. The van der Waals surface area contributed by atoms with Crippen LogP contribution >= 0.6 is 11.3 Å². The SMILES string of the molecule is Cc1cc(C)n(CN(Cc2cccs2)C(C)C)n1. The lowest BCUT2D eigenvalue weighted by atomic mass is 10.3. The van der Waals surface area contributed by atoms with E-state index in [0.717, 1.165) is 18.9 Å². The predicted molar refractivity (Wildman–Crippen MR) is 76.7 cm³/mol. The molecule has 0 aliphatic carbocycles. The molecule has 4 heteroatoms. The Morgan fingerprint density at radius 2 is 2.17 bits per heavy atom. The smallest absolute Gasteiger partial charge is 0.0937 e. The quantitative estimate of drug-likeness (QED) is 0.824. The van der Waals surface area contributed by atoms with Crippen LogP contribution in [0.4, 0.5) is 0 Å². The second kappa shape index (κ2) is 5.67. The van der Waals surface area contributed by atoms with E-state index < -0.39 is 0 Å². The third-order valence-corrected chi connectivity index (χ3v) is 3.95. The maximum Gasteiger partial charge on any atom is 0.0937 e. The summed E-state index contributed by atoms with van der Waals surface area (Å²) in [5.74, 6) is 0. The van der Waals surface area contributed by atoms with Crippen LogP contribution in [0.15, 0.2) is 23.6 Å². The number of aromatic nitrogens is 2. The van der Waals surface area contributed by atoms with Crippen molar-refractivity contribution >= 4 is 11.3 Å². The zero-order valence-corrected chi connectivity index (χ0v) is 12.4. The largest absolute Gasteiger partial charge is 0.277 e. The first-order valence-electron chi connectivity index (χ1n) is 6.33. The van der Waals surface area contributed by atoms with Gasteiger partial charge in [-0.1, -0.05) is 6.07 Å². The van der Waals surface area contributed by atoms with Gasteiger partial charge >= 0.3 is 0 Å². The van der Waals surface area contributed by atoms with E-state index in [1.165, 1.54) is 10.6 Å². The first-order valence-corrected chi connectivity index (χ1v) is 7.21. The Balaban J connectivity index is 2.09. The number of rotatable bonds is 5. The molecule has 0 atom stereocenters. The lowest BCUT2D eigenvalue weighted by molar-refractivity contribution is 0.154. The molecule has 2 aromatic heterocycles. The molecule has 0 spiro atoms. The fourth-order valence-electron chi connectivity index (χ4n) is 1.99. The van der Waals surface area contributed by atoms with Crippen molar-refractivity contribution in [2.24, 2.45) is 0 Å². The summed E-state index contributed by atoms with van der Waals surface area (Å²) in [4.78, 5) is 3.84. The second-order valence-corrected chi connectivity index (χ2v) is 6.02. The predicted octanol–water partition coefficient (Wildman–Crippen LogP) is 3.43. The van der Waals surface area contributed by atoms with E-state index in [0.29, 0.717) is 6.04 Å². The Bertz CT molecular complexity index is 485. The molecule has 18 heavy (non-hydrogen) atoms. The molecular formula is C14H21N3S. The molecule has 3 nitrogen and oxygen atoms in total. The van der Waals surface area contributed by atoms with E-state index in [-0.39, 0.29) is 0 Å². The van der Waals surface area contributed by atoms with Gasteiger partial charge in [0.05, 0.1) is 12.4 Å².